The fraction of sp³-hybridized carbons (Fsp3) is 0.185. The van der Waals surface area contributed by atoms with Crippen molar-refractivity contribution in [1.29, 1.82) is 0 Å². The van der Waals surface area contributed by atoms with Crippen molar-refractivity contribution in [3.05, 3.63) is 210 Å². The van der Waals surface area contributed by atoms with Crippen molar-refractivity contribution in [2.45, 2.75) is 64.7 Å². The summed E-state index contributed by atoms with van der Waals surface area (Å²) in [6.45, 7) is 15.8. The van der Waals surface area contributed by atoms with Gasteiger partial charge in [0.1, 0.15) is 5.82 Å². The summed E-state index contributed by atoms with van der Waals surface area (Å²) in [4.78, 5) is 4.98. The van der Waals surface area contributed by atoms with Gasteiger partial charge in [0.2, 0.25) is 0 Å². The number of aromatic nitrogens is 4. The Morgan fingerprint density at radius 1 is 0.567 bits per heavy atom. The molecule has 0 saturated heterocycles. The fourth-order valence-electron chi connectivity index (χ4n) is 8.05. The van der Waals surface area contributed by atoms with E-state index in [1.54, 1.807) is 0 Å². The van der Waals surface area contributed by atoms with Crippen molar-refractivity contribution in [2.24, 2.45) is 0 Å². The van der Waals surface area contributed by atoms with Gasteiger partial charge >= 0.3 is 0 Å². The molecular weight excluding hydrogens is 916 g/mol. The van der Waals surface area contributed by atoms with Gasteiger partial charge in [-0.05, 0) is 74.6 Å². The number of pyridine rings is 1. The van der Waals surface area contributed by atoms with Crippen LogP contribution in [0.15, 0.2) is 164 Å². The maximum atomic E-state index is 6.56. The molecule has 3 heterocycles. The molecular formula is C54H48N4OPt-2. The first-order valence-corrected chi connectivity index (χ1v) is 20.3. The van der Waals surface area contributed by atoms with Gasteiger partial charge in [-0.2, -0.15) is 18.2 Å². The third-order valence-corrected chi connectivity index (χ3v) is 11.9. The van der Waals surface area contributed by atoms with Crippen molar-refractivity contribution >= 4 is 21.8 Å². The normalized spacial score (nSPS) is 12.1. The smallest absolute Gasteiger partial charge is 0.267 e. The van der Waals surface area contributed by atoms with Crippen molar-refractivity contribution in [3.63, 3.8) is 0 Å². The summed E-state index contributed by atoms with van der Waals surface area (Å²) in [6.07, 6.45) is 9.42. The van der Waals surface area contributed by atoms with E-state index in [1.807, 2.05) is 52.0 Å². The van der Waals surface area contributed by atoms with E-state index in [4.69, 9.17) is 9.72 Å². The van der Waals surface area contributed by atoms with E-state index in [9.17, 15) is 0 Å². The van der Waals surface area contributed by atoms with Crippen molar-refractivity contribution in [2.75, 3.05) is 0 Å². The first-order valence-electron chi connectivity index (χ1n) is 20.3. The fourth-order valence-corrected chi connectivity index (χ4v) is 8.05. The molecule has 0 fully saturated rings. The summed E-state index contributed by atoms with van der Waals surface area (Å²) >= 11 is 0. The van der Waals surface area contributed by atoms with Crippen LogP contribution in [0.25, 0.3) is 39.0 Å². The zero-order chi connectivity index (χ0) is 40.9. The molecule has 0 bridgehead atoms. The Morgan fingerprint density at radius 2 is 1.20 bits per heavy atom. The maximum absolute atomic E-state index is 6.56. The van der Waals surface area contributed by atoms with Crippen LogP contribution in [0, 0.1) is 18.5 Å². The van der Waals surface area contributed by atoms with Crippen molar-refractivity contribution < 1.29 is 30.4 Å². The molecule has 6 heteroatoms. The number of rotatable bonds is 9. The molecule has 6 aromatic carbocycles. The summed E-state index contributed by atoms with van der Waals surface area (Å²) in [5, 5.41) is 2.23. The van der Waals surface area contributed by atoms with E-state index in [0.29, 0.717) is 11.5 Å². The van der Waals surface area contributed by atoms with Crippen molar-refractivity contribution in [1.82, 2.24) is 14.1 Å². The van der Waals surface area contributed by atoms with Crippen molar-refractivity contribution in [3.8, 4) is 28.7 Å². The van der Waals surface area contributed by atoms with Gasteiger partial charge in [-0.1, -0.05) is 139 Å². The van der Waals surface area contributed by atoms with E-state index in [1.165, 1.54) is 27.8 Å². The minimum atomic E-state index is -0.229. The Bertz CT molecular complexity index is 2950. The number of fused-ring (bicyclic) bond motifs is 3. The minimum Gasteiger partial charge on any atom is -0.510 e. The molecule has 0 amide bonds. The maximum Gasteiger partial charge on any atom is 0.267 e. The Kier molecular flexibility index (Phi) is 10.8. The van der Waals surface area contributed by atoms with Gasteiger partial charge in [0.25, 0.3) is 6.33 Å². The average Bonchev–Trinajstić information content (AvgIpc) is 3.88. The monoisotopic (exact) mass is 963 g/mol. The van der Waals surface area contributed by atoms with Crippen LogP contribution in [0.1, 0.15) is 76.3 Å². The van der Waals surface area contributed by atoms with E-state index >= 15 is 0 Å². The molecule has 0 radical (unpaired) electrons. The van der Waals surface area contributed by atoms with Crippen LogP contribution >= 0.6 is 0 Å². The molecule has 9 rings (SSSR count). The molecule has 5 nitrogen and oxygen atoms in total. The number of imidazole rings is 1. The Labute approximate surface area is 368 Å². The van der Waals surface area contributed by atoms with Gasteiger partial charge < -0.3 is 13.9 Å². The molecule has 0 atom stereocenters. The molecule has 9 aromatic rings. The predicted octanol–water partition coefficient (Wildman–Crippen LogP) is 12.4. The predicted molar refractivity (Wildman–Crippen MR) is 238 cm³/mol. The number of nitrogens with zero attached hydrogens (tertiary/aromatic N) is 4. The molecule has 60 heavy (non-hydrogen) atoms. The van der Waals surface area contributed by atoms with Crippen LogP contribution in [0.5, 0.6) is 11.5 Å². The second-order valence-corrected chi connectivity index (χ2v) is 17.5. The summed E-state index contributed by atoms with van der Waals surface area (Å²) in [7, 11) is 0. The SMILES string of the molecule is CC(C)(C)c1ccc2c3ccc(Oc4[c-]c(-n5[c-][n+](-c6cccc(C(C)(C)c7ccccc7)c6)cc5)ccc4)[c-]c3n(-c3cc(C(C)(C)c4ccccc4)ccn3)c2c1.[Pt]. The molecule has 0 aliphatic carbocycles. The van der Waals surface area contributed by atoms with Crippen LogP contribution in [-0.2, 0) is 37.3 Å². The Hall–Kier alpha value is -6.03. The molecule has 0 unspecified atom stereocenters. The molecule has 0 spiro atoms. The Balaban J connectivity index is 0.00000499. The number of ether oxygens (including phenoxy) is 1. The van der Waals surface area contributed by atoms with Gasteiger partial charge in [-0.3, -0.25) is 4.57 Å². The summed E-state index contributed by atoms with van der Waals surface area (Å²) in [5.41, 5.74) is 9.62. The van der Waals surface area contributed by atoms with E-state index in [2.05, 4.69) is 193 Å². The molecule has 0 N–H and O–H groups in total. The topological polar surface area (TPSA) is 35.9 Å². The summed E-state index contributed by atoms with van der Waals surface area (Å²) in [5.74, 6) is 2.02. The molecule has 0 saturated carbocycles. The second-order valence-electron chi connectivity index (χ2n) is 17.5. The summed E-state index contributed by atoms with van der Waals surface area (Å²) in [6, 6.07) is 58.2. The largest absolute Gasteiger partial charge is 0.510 e. The third kappa shape index (κ3) is 7.64. The van der Waals surface area contributed by atoms with Gasteiger partial charge in [0.05, 0.1) is 5.69 Å². The quantitative estimate of drug-likeness (QED) is 0.107. The van der Waals surface area contributed by atoms with Gasteiger partial charge in [0.15, 0.2) is 0 Å². The molecule has 0 aliphatic heterocycles. The molecule has 3 aromatic heterocycles. The van der Waals surface area contributed by atoms with Gasteiger partial charge in [0, 0.05) is 67.5 Å². The first kappa shape index (κ1) is 40.7. The Morgan fingerprint density at radius 3 is 1.90 bits per heavy atom. The van der Waals surface area contributed by atoms with Gasteiger partial charge in [-0.25, -0.2) is 4.98 Å². The van der Waals surface area contributed by atoms with E-state index in [0.717, 1.165) is 39.0 Å². The number of hydrogen-bond donors (Lipinski definition) is 0. The number of benzene rings is 6. The van der Waals surface area contributed by atoms with E-state index < -0.39 is 0 Å². The van der Waals surface area contributed by atoms with Crippen LogP contribution in [0.2, 0.25) is 0 Å². The second kappa shape index (κ2) is 15.9. The molecule has 302 valence electrons. The van der Waals surface area contributed by atoms with Gasteiger partial charge in [-0.15, -0.1) is 29.7 Å². The zero-order valence-electron chi connectivity index (χ0n) is 35.1. The standard InChI is InChI=1S/C54H48N4O.Pt/c1-52(2,3)40-24-26-47-48-27-25-46(36-50(48)58(49(47)33-40)51-34-42(28-29-55-51)54(6,7)39-18-12-9-13-19-39)59-45-23-15-22-44(35-45)57-31-30-56(37-57)43-21-14-20-41(32-43)53(4,5)38-16-10-8-11-17-38;/h8-34H,1-7H3;/q-2;. The van der Waals surface area contributed by atoms with E-state index in [-0.39, 0.29) is 37.3 Å². The van der Waals surface area contributed by atoms with Crippen LogP contribution in [0.3, 0.4) is 0 Å². The van der Waals surface area contributed by atoms with Crippen LogP contribution < -0.4 is 9.30 Å². The van der Waals surface area contributed by atoms with Crippen LogP contribution in [-0.4, -0.2) is 14.1 Å². The number of hydrogen-bond acceptors (Lipinski definition) is 2. The zero-order valence-corrected chi connectivity index (χ0v) is 37.4. The third-order valence-electron chi connectivity index (χ3n) is 11.9. The van der Waals surface area contributed by atoms with Crippen LogP contribution in [0.4, 0.5) is 0 Å². The average molecular weight is 964 g/mol. The molecule has 0 aliphatic rings. The summed E-state index contributed by atoms with van der Waals surface area (Å²) < 4.78 is 12.7. The minimum absolute atomic E-state index is 0. The first-order chi connectivity index (χ1) is 28.4.